The minimum Gasteiger partial charge on any atom is -0.358 e. The Balaban J connectivity index is 3.09. The number of H-pyrrole nitrogens is 1. The summed E-state index contributed by atoms with van der Waals surface area (Å²) in [6.07, 6.45) is 0. The molecule has 1 heteroatoms. The van der Waals surface area contributed by atoms with E-state index in [1.54, 1.807) is 0 Å². The topological polar surface area (TPSA) is 15.8 Å². The number of nitrogens with one attached hydrogen (secondary N) is 1. The molecule has 98 valence electrons. The van der Waals surface area contributed by atoms with Gasteiger partial charge in [0.2, 0.25) is 0 Å². The molecular weight excluding hydrogens is 218 g/mol. The smallest absolute Gasteiger partial charge is 0.0494 e. The molecule has 0 saturated heterocycles. The minimum absolute atomic E-state index is 0.181. The summed E-state index contributed by atoms with van der Waals surface area (Å²) in [6.45, 7) is 18.1. The molecule has 1 N–H and O–H groups in total. The van der Waals surface area contributed by atoms with E-state index >= 15 is 0 Å². The standard InChI is InChI=1S/C17H25N/c1-9-10(2)15(17(6,7)8)14-12(4)13(5)18-16(14)11(9)3/h18H,1-8H3. The molecule has 0 radical (unpaired) electrons. The molecule has 18 heavy (non-hydrogen) atoms. The molecule has 0 fully saturated rings. The lowest BCUT2D eigenvalue weighted by atomic mass is 9.78. The van der Waals surface area contributed by atoms with Crippen LogP contribution in [0.1, 0.15) is 54.3 Å². The lowest BCUT2D eigenvalue weighted by Gasteiger charge is -2.26. The highest BCUT2D eigenvalue weighted by molar-refractivity contribution is 5.93. The molecule has 0 aliphatic carbocycles. The third-order valence-electron chi connectivity index (χ3n) is 4.38. The highest BCUT2D eigenvalue weighted by atomic mass is 14.7. The van der Waals surface area contributed by atoms with E-state index in [9.17, 15) is 0 Å². The second kappa shape index (κ2) is 3.88. The van der Waals surface area contributed by atoms with Crippen LogP contribution in [0.2, 0.25) is 0 Å². The fraction of sp³-hybridized carbons (Fsp3) is 0.529. The average molecular weight is 243 g/mol. The van der Waals surface area contributed by atoms with Crippen LogP contribution in [0, 0.1) is 34.6 Å². The summed E-state index contributed by atoms with van der Waals surface area (Å²) in [7, 11) is 0. The first kappa shape index (κ1) is 13.2. The molecule has 0 unspecified atom stereocenters. The fourth-order valence-corrected chi connectivity index (χ4v) is 3.09. The first-order valence-electron chi connectivity index (χ1n) is 6.75. The second-order valence-electron chi connectivity index (χ2n) is 6.62. The van der Waals surface area contributed by atoms with Gasteiger partial charge in [-0.3, -0.25) is 0 Å². The van der Waals surface area contributed by atoms with E-state index in [2.05, 4.69) is 60.4 Å². The van der Waals surface area contributed by atoms with Gasteiger partial charge < -0.3 is 4.98 Å². The van der Waals surface area contributed by atoms with Crippen LogP contribution in [0.3, 0.4) is 0 Å². The molecule has 0 bridgehead atoms. The number of fused-ring (bicyclic) bond motifs is 1. The van der Waals surface area contributed by atoms with E-state index in [1.165, 1.54) is 44.4 Å². The summed E-state index contributed by atoms with van der Waals surface area (Å²) in [6, 6.07) is 0. The molecule has 1 aromatic heterocycles. The van der Waals surface area contributed by atoms with Crippen LogP contribution in [0.15, 0.2) is 0 Å². The highest BCUT2D eigenvalue weighted by Gasteiger charge is 2.24. The molecule has 0 amide bonds. The van der Waals surface area contributed by atoms with Gasteiger partial charge in [0.25, 0.3) is 0 Å². The van der Waals surface area contributed by atoms with Crippen molar-refractivity contribution in [2.75, 3.05) is 0 Å². The summed E-state index contributed by atoms with van der Waals surface area (Å²) < 4.78 is 0. The second-order valence-corrected chi connectivity index (χ2v) is 6.62. The van der Waals surface area contributed by atoms with Gasteiger partial charge in [-0.05, 0) is 67.9 Å². The lowest BCUT2D eigenvalue weighted by molar-refractivity contribution is 0.591. The predicted molar refractivity (Wildman–Crippen MR) is 80.7 cm³/mol. The normalized spacial score (nSPS) is 12.4. The van der Waals surface area contributed by atoms with E-state index in [-0.39, 0.29) is 5.41 Å². The van der Waals surface area contributed by atoms with Crippen molar-refractivity contribution in [2.24, 2.45) is 0 Å². The van der Waals surface area contributed by atoms with Gasteiger partial charge in [-0.25, -0.2) is 0 Å². The number of aromatic amines is 1. The van der Waals surface area contributed by atoms with E-state index < -0.39 is 0 Å². The monoisotopic (exact) mass is 243 g/mol. The van der Waals surface area contributed by atoms with Gasteiger partial charge in [0.1, 0.15) is 0 Å². The van der Waals surface area contributed by atoms with Crippen molar-refractivity contribution >= 4 is 10.9 Å². The van der Waals surface area contributed by atoms with Gasteiger partial charge in [0.15, 0.2) is 0 Å². The molecule has 0 aliphatic heterocycles. The first-order chi connectivity index (χ1) is 8.16. The van der Waals surface area contributed by atoms with Gasteiger partial charge >= 0.3 is 0 Å². The maximum atomic E-state index is 3.58. The van der Waals surface area contributed by atoms with Crippen molar-refractivity contribution in [3.05, 3.63) is 33.5 Å². The molecule has 0 atom stereocenters. The van der Waals surface area contributed by atoms with Crippen molar-refractivity contribution in [1.29, 1.82) is 0 Å². The average Bonchev–Trinajstić information content (AvgIpc) is 2.52. The first-order valence-corrected chi connectivity index (χ1v) is 6.75. The Kier molecular flexibility index (Phi) is 2.84. The van der Waals surface area contributed by atoms with Crippen molar-refractivity contribution in [3.8, 4) is 0 Å². The number of benzene rings is 1. The number of hydrogen-bond donors (Lipinski definition) is 1. The fourth-order valence-electron chi connectivity index (χ4n) is 3.09. The van der Waals surface area contributed by atoms with Crippen LogP contribution in [0.5, 0.6) is 0 Å². The largest absolute Gasteiger partial charge is 0.358 e. The maximum absolute atomic E-state index is 3.58. The van der Waals surface area contributed by atoms with Gasteiger partial charge in [-0.1, -0.05) is 20.8 Å². The minimum atomic E-state index is 0.181. The molecular formula is C17H25N. The molecule has 2 aromatic rings. The van der Waals surface area contributed by atoms with Crippen LogP contribution in [-0.4, -0.2) is 4.98 Å². The summed E-state index contributed by atoms with van der Waals surface area (Å²) >= 11 is 0. The lowest BCUT2D eigenvalue weighted by Crippen LogP contribution is -2.15. The van der Waals surface area contributed by atoms with E-state index in [0.29, 0.717) is 0 Å². The zero-order chi connectivity index (χ0) is 13.8. The van der Waals surface area contributed by atoms with Gasteiger partial charge in [0, 0.05) is 16.6 Å². The van der Waals surface area contributed by atoms with Crippen LogP contribution in [0.4, 0.5) is 0 Å². The van der Waals surface area contributed by atoms with Crippen molar-refractivity contribution in [2.45, 2.75) is 60.8 Å². The molecule has 0 saturated carbocycles. The van der Waals surface area contributed by atoms with Crippen molar-refractivity contribution < 1.29 is 0 Å². The molecule has 0 spiro atoms. The third-order valence-corrected chi connectivity index (χ3v) is 4.38. The van der Waals surface area contributed by atoms with Crippen LogP contribution >= 0.6 is 0 Å². The number of hydrogen-bond acceptors (Lipinski definition) is 0. The maximum Gasteiger partial charge on any atom is 0.0494 e. The summed E-state index contributed by atoms with van der Waals surface area (Å²) in [5.41, 5.74) is 9.99. The molecule has 2 rings (SSSR count). The molecule has 0 aliphatic rings. The Labute approximate surface area is 111 Å². The van der Waals surface area contributed by atoms with Gasteiger partial charge in [0.05, 0.1) is 0 Å². The SMILES string of the molecule is Cc1[nH]c2c(C)c(C)c(C)c(C(C)(C)C)c2c1C. The summed E-state index contributed by atoms with van der Waals surface area (Å²) in [5, 5.41) is 1.44. The van der Waals surface area contributed by atoms with Crippen LogP contribution in [-0.2, 0) is 5.41 Å². The highest BCUT2D eigenvalue weighted by Crippen LogP contribution is 2.39. The molecule has 1 heterocycles. The van der Waals surface area contributed by atoms with Crippen LogP contribution < -0.4 is 0 Å². The Morgan fingerprint density at radius 2 is 1.28 bits per heavy atom. The predicted octanol–water partition coefficient (Wildman–Crippen LogP) is 5.01. The Hall–Kier alpha value is -1.24. The summed E-state index contributed by atoms with van der Waals surface area (Å²) in [4.78, 5) is 3.58. The van der Waals surface area contributed by atoms with E-state index in [4.69, 9.17) is 0 Å². The number of rotatable bonds is 0. The van der Waals surface area contributed by atoms with Gasteiger partial charge in [-0.2, -0.15) is 0 Å². The van der Waals surface area contributed by atoms with E-state index in [1.807, 2.05) is 0 Å². The van der Waals surface area contributed by atoms with Gasteiger partial charge in [-0.15, -0.1) is 0 Å². The Morgan fingerprint density at radius 3 is 1.78 bits per heavy atom. The summed E-state index contributed by atoms with van der Waals surface area (Å²) in [5.74, 6) is 0. The van der Waals surface area contributed by atoms with E-state index in [0.717, 1.165) is 0 Å². The number of aromatic nitrogens is 1. The third kappa shape index (κ3) is 1.68. The van der Waals surface area contributed by atoms with Crippen molar-refractivity contribution in [1.82, 2.24) is 4.98 Å². The number of aryl methyl sites for hydroxylation is 3. The zero-order valence-corrected chi connectivity index (χ0v) is 13.0. The Bertz CT molecular complexity index is 622. The zero-order valence-electron chi connectivity index (χ0n) is 13.0. The molecule has 1 aromatic carbocycles. The van der Waals surface area contributed by atoms with Crippen LogP contribution in [0.25, 0.3) is 10.9 Å². The van der Waals surface area contributed by atoms with Crippen molar-refractivity contribution in [3.63, 3.8) is 0 Å². The molecule has 1 nitrogen and oxygen atoms in total. The Morgan fingerprint density at radius 1 is 0.722 bits per heavy atom. The quantitative estimate of drug-likeness (QED) is 0.669.